The van der Waals surface area contributed by atoms with Gasteiger partial charge in [-0.15, -0.1) is 0 Å². The van der Waals surface area contributed by atoms with Crippen LogP contribution in [0.3, 0.4) is 0 Å². The Balaban J connectivity index is 1.88. The summed E-state index contributed by atoms with van der Waals surface area (Å²) in [6, 6.07) is 0.332. The first-order valence-corrected chi connectivity index (χ1v) is 6.64. The molecule has 0 spiro atoms. The summed E-state index contributed by atoms with van der Waals surface area (Å²) in [6.07, 6.45) is 6.22. The molecule has 0 unspecified atom stereocenters. The average Bonchev–Trinajstić information content (AvgIpc) is 3.28. The highest BCUT2D eigenvalue weighted by Gasteiger charge is 2.42. The highest BCUT2D eigenvalue weighted by molar-refractivity contribution is 5.69. The summed E-state index contributed by atoms with van der Waals surface area (Å²) in [5, 5.41) is 17.2. The van der Waals surface area contributed by atoms with Gasteiger partial charge in [0.2, 0.25) is 11.6 Å². The molecule has 0 radical (unpaired) electrons. The molecule has 1 aromatic heterocycles. The van der Waals surface area contributed by atoms with Gasteiger partial charge >= 0.3 is 5.69 Å². The summed E-state index contributed by atoms with van der Waals surface area (Å²) in [5.41, 5.74) is -0.0590. The quantitative estimate of drug-likeness (QED) is 0.602. The molecule has 0 amide bonds. The van der Waals surface area contributed by atoms with Crippen LogP contribution in [0.5, 0.6) is 0 Å². The molecule has 102 valence electrons. The lowest BCUT2D eigenvalue weighted by Gasteiger charge is -2.18. The Morgan fingerprint density at radius 1 is 1.26 bits per heavy atom. The van der Waals surface area contributed by atoms with Gasteiger partial charge in [-0.25, -0.2) is 9.97 Å². The van der Waals surface area contributed by atoms with Gasteiger partial charge in [-0.05, 0) is 37.5 Å². The number of aromatic nitrogens is 2. The van der Waals surface area contributed by atoms with Gasteiger partial charge in [-0.1, -0.05) is 0 Å². The minimum Gasteiger partial charge on any atom is -0.367 e. The fourth-order valence-electron chi connectivity index (χ4n) is 2.53. The van der Waals surface area contributed by atoms with E-state index in [9.17, 15) is 10.1 Å². The van der Waals surface area contributed by atoms with Crippen LogP contribution < -0.4 is 10.6 Å². The van der Waals surface area contributed by atoms with Gasteiger partial charge < -0.3 is 10.6 Å². The van der Waals surface area contributed by atoms with Crippen molar-refractivity contribution in [2.75, 3.05) is 17.7 Å². The van der Waals surface area contributed by atoms with Gasteiger partial charge in [-0.3, -0.25) is 10.1 Å². The van der Waals surface area contributed by atoms with Crippen molar-refractivity contribution in [2.45, 2.75) is 31.7 Å². The van der Waals surface area contributed by atoms with Crippen molar-refractivity contribution in [3.8, 4) is 0 Å². The Bertz CT molecular complexity index is 487. The zero-order valence-corrected chi connectivity index (χ0v) is 10.8. The number of nitrogens with zero attached hydrogens (tertiary/aromatic N) is 3. The fourth-order valence-corrected chi connectivity index (χ4v) is 2.53. The lowest BCUT2D eigenvalue weighted by atomic mass is 10.1. The molecule has 1 heterocycles. The molecule has 2 saturated carbocycles. The first-order chi connectivity index (χ1) is 9.20. The Hall–Kier alpha value is -1.92. The molecule has 2 aliphatic rings. The van der Waals surface area contributed by atoms with Gasteiger partial charge in [0.15, 0.2) is 0 Å². The zero-order chi connectivity index (χ0) is 13.4. The predicted octanol–water partition coefficient (Wildman–Crippen LogP) is 2.03. The molecule has 0 atom stereocenters. The zero-order valence-electron chi connectivity index (χ0n) is 10.8. The number of anilines is 2. The van der Waals surface area contributed by atoms with E-state index in [1.807, 2.05) is 0 Å². The van der Waals surface area contributed by atoms with Crippen LogP contribution >= 0.6 is 0 Å². The second kappa shape index (κ2) is 4.64. The normalized spacial score (nSPS) is 18.4. The molecule has 0 aliphatic heterocycles. The maximum atomic E-state index is 11.2. The molecule has 1 aromatic rings. The molecule has 7 nitrogen and oxygen atoms in total. The van der Waals surface area contributed by atoms with Crippen molar-refractivity contribution in [1.29, 1.82) is 0 Å². The van der Waals surface area contributed by atoms with Gasteiger partial charge in [0.25, 0.3) is 0 Å². The summed E-state index contributed by atoms with van der Waals surface area (Å²) in [5.74, 6) is 1.90. The van der Waals surface area contributed by atoms with Crippen molar-refractivity contribution in [3.05, 3.63) is 16.4 Å². The summed E-state index contributed by atoms with van der Waals surface area (Å²) < 4.78 is 0. The molecule has 2 fully saturated rings. The van der Waals surface area contributed by atoms with Gasteiger partial charge in [0, 0.05) is 13.1 Å². The van der Waals surface area contributed by atoms with E-state index in [4.69, 9.17) is 0 Å². The summed E-state index contributed by atoms with van der Waals surface area (Å²) in [4.78, 5) is 18.7. The Kier molecular flexibility index (Phi) is 2.96. The van der Waals surface area contributed by atoms with Gasteiger partial charge in [0.1, 0.15) is 6.33 Å². The third-order valence-corrected chi connectivity index (χ3v) is 3.80. The van der Waals surface area contributed by atoms with Gasteiger partial charge in [0.05, 0.1) is 4.92 Å². The van der Waals surface area contributed by atoms with E-state index >= 15 is 0 Å². The maximum absolute atomic E-state index is 11.2. The molecular weight excluding hydrogens is 246 g/mol. The number of rotatable bonds is 6. The summed E-state index contributed by atoms with van der Waals surface area (Å²) in [6.45, 7) is 0. The molecule has 2 N–H and O–H groups in total. The lowest BCUT2D eigenvalue weighted by molar-refractivity contribution is -0.383. The SMILES string of the molecule is CNc1ncnc(NC(C2CC2)C2CC2)c1[N+](=O)[O-]. The van der Waals surface area contributed by atoms with E-state index in [0.29, 0.717) is 23.7 Å². The van der Waals surface area contributed by atoms with Crippen LogP contribution in [0.1, 0.15) is 25.7 Å². The molecule has 0 saturated heterocycles. The second-order valence-corrected chi connectivity index (χ2v) is 5.27. The lowest BCUT2D eigenvalue weighted by Crippen LogP contribution is -2.25. The Morgan fingerprint density at radius 2 is 1.84 bits per heavy atom. The van der Waals surface area contributed by atoms with E-state index in [1.54, 1.807) is 7.05 Å². The van der Waals surface area contributed by atoms with Crippen molar-refractivity contribution in [3.63, 3.8) is 0 Å². The smallest absolute Gasteiger partial charge is 0.353 e. The highest BCUT2D eigenvalue weighted by atomic mass is 16.6. The second-order valence-electron chi connectivity index (χ2n) is 5.27. The third-order valence-electron chi connectivity index (χ3n) is 3.80. The molecule has 3 rings (SSSR count). The Labute approximate surface area is 111 Å². The average molecular weight is 263 g/mol. The van der Waals surface area contributed by atoms with Gasteiger partial charge in [-0.2, -0.15) is 0 Å². The minimum absolute atomic E-state index is 0.0590. The van der Waals surface area contributed by atoms with Crippen LogP contribution in [0.2, 0.25) is 0 Å². The van der Waals surface area contributed by atoms with E-state index in [-0.39, 0.29) is 11.5 Å². The largest absolute Gasteiger partial charge is 0.367 e. The summed E-state index contributed by atoms with van der Waals surface area (Å²) in [7, 11) is 1.62. The first kappa shape index (κ1) is 12.1. The van der Waals surface area contributed by atoms with Crippen molar-refractivity contribution < 1.29 is 4.92 Å². The molecule has 2 aliphatic carbocycles. The van der Waals surface area contributed by atoms with Crippen LogP contribution in [0.15, 0.2) is 6.33 Å². The first-order valence-electron chi connectivity index (χ1n) is 6.64. The molecular formula is C12H17N5O2. The Morgan fingerprint density at radius 3 is 2.32 bits per heavy atom. The van der Waals surface area contributed by atoms with E-state index < -0.39 is 4.92 Å². The standard InChI is InChI=1S/C12H17N5O2/c1-13-11-10(17(18)19)12(15-6-14-11)16-9(7-2-3-7)8-4-5-8/h6-9H,2-5H2,1H3,(H2,13,14,15,16). The maximum Gasteiger partial charge on any atom is 0.353 e. The number of hydrogen-bond acceptors (Lipinski definition) is 6. The predicted molar refractivity (Wildman–Crippen MR) is 71.1 cm³/mol. The summed E-state index contributed by atoms with van der Waals surface area (Å²) >= 11 is 0. The van der Waals surface area contributed by atoms with Crippen molar-refractivity contribution in [2.24, 2.45) is 11.8 Å². The number of hydrogen-bond donors (Lipinski definition) is 2. The third kappa shape index (κ3) is 2.45. The van der Waals surface area contributed by atoms with Crippen LogP contribution in [0.4, 0.5) is 17.3 Å². The highest BCUT2D eigenvalue weighted by Crippen LogP contribution is 2.46. The van der Waals surface area contributed by atoms with Crippen molar-refractivity contribution >= 4 is 17.3 Å². The molecule has 0 aromatic carbocycles. The topological polar surface area (TPSA) is 93.0 Å². The van der Waals surface area contributed by atoms with Crippen LogP contribution in [-0.4, -0.2) is 28.0 Å². The number of nitro groups is 1. The van der Waals surface area contributed by atoms with E-state index in [1.165, 1.54) is 32.0 Å². The minimum atomic E-state index is -0.426. The van der Waals surface area contributed by atoms with Crippen LogP contribution in [-0.2, 0) is 0 Å². The van der Waals surface area contributed by atoms with Crippen LogP contribution in [0.25, 0.3) is 0 Å². The molecule has 19 heavy (non-hydrogen) atoms. The monoisotopic (exact) mass is 263 g/mol. The van der Waals surface area contributed by atoms with Crippen molar-refractivity contribution in [1.82, 2.24) is 9.97 Å². The fraction of sp³-hybridized carbons (Fsp3) is 0.667. The number of nitrogens with one attached hydrogen (secondary N) is 2. The molecule has 7 heteroatoms. The van der Waals surface area contributed by atoms with Crippen LogP contribution in [0, 0.1) is 22.0 Å². The van der Waals surface area contributed by atoms with E-state index in [0.717, 1.165) is 0 Å². The molecule has 0 bridgehead atoms. The van der Waals surface area contributed by atoms with E-state index in [2.05, 4.69) is 20.6 Å².